The summed E-state index contributed by atoms with van der Waals surface area (Å²) in [6, 6.07) is 9.21. The summed E-state index contributed by atoms with van der Waals surface area (Å²) < 4.78 is 5.01. The number of esters is 1. The molecule has 0 unspecified atom stereocenters. The first-order chi connectivity index (χ1) is 11.4. The number of rotatable bonds is 6. The topological polar surface area (TPSA) is 98.5 Å². The quantitative estimate of drug-likeness (QED) is 0.785. The zero-order valence-electron chi connectivity index (χ0n) is 13.4. The average Bonchev–Trinajstić information content (AvgIpc) is 2.85. The van der Waals surface area contributed by atoms with Gasteiger partial charge in [-0.15, -0.1) is 11.3 Å². The van der Waals surface area contributed by atoms with E-state index in [4.69, 9.17) is 10.5 Å². The molecule has 24 heavy (non-hydrogen) atoms. The van der Waals surface area contributed by atoms with Gasteiger partial charge in [0.25, 0.3) is 5.91 Å². The van der Waals surface area contributed by atoms with Crippen LogP contribution in [0.1, 0.15) is 38.1 Å². The molecule has 2 aromatic rings. The maximum Gasteiger partial charge on any atom is 0.341 e. The molecule has 2 rings (SSSR count). The predicted octanol–water partition coefficient (Wildman–Crippen LogP) is 2.51. The summed E-state index contributed by atoms with van der Waals surface area (Å²) in [5.74, 6) is -1.52. The number of benzene rings is 1. The van der Waals surface area contributed by atoms with Crippen molar-refractivity contribution in [2.24, 2.45) is 5.73 Å². The highest BCUT2D eigenvalue weighted by Crippen LogP contribution is 2.33. The summed E-state index contributed by atoms with van der Waals surface area (Å²) in [5.41, 5.74) is 6.77. The van der Waals surface area contributed by atoms with Crippen LogP contribution in [0, 0.1) is 6.92 Å². The van der Waals surface area contributed by atoms with E-state index in [1.807, 2.05) is 30.3 Å². The molecule has 0 saturated heterocycles. The number of hydrogen-bond donors (Lipinski definition) is 2. The number of carbonyl (C=O) groups excluding carboxylic acids is 3. The lowest BCUT2D eigenvalue weighted by Crippen LogP contribution is -2.16. The van der Waals surface area contributed by atoms with E-state index in [1.54, 1.807) is 13.8 Å². The van der Waals surface area contributed by atoms with Gasteiger partial charge in [-0.25, -0.2) is 4.79 Å². The zero-order valence-corrected chi connectivity index (χ0v) is 14.2. The number of anilines is 1. The number of nitrogens with one attached hydrogen (secondary N) is 1. The molecule has 0 saturated carbocycles. The lowest BCUT2D eigenvalue weighted by atomic mass is 10.1. The molecule has 0 radical (unpaired) electrons. The van der Waals surface area contributed by atoms with E-state index in [-0.39, 0.29) is 34.4 Å². The smallest absolute Gasteiger partial charge is 0.341 e. The second-order valence-corrected chi connectivity index (χ2v) is 6.08. The summed E-state index contributed by atoms with van der Waals surface area (Å²) in [4.78, 5) is 36.1. The Morgan fingerprint density at radius 2 is 1.88 bits per heavy atom. The molecule has 0 spiro atoms. The first-order valence-corrected chi connectivity index (χ1v) is 8.19. The third-order valence-electron chi connectivity index (χ3n) is 3.31. The standard InChI is InChI=1S/C17H18N2O4S/c1-3-23-17(22)13-10(2)14(15(18)21)24-16(13)19-12(20)9-11-7-5-4-6-8-11/h4-8H,3,9H2,1-2H3,(H2,18,21)(H,19,20). The summed E-state index contributed by atoms with van der Waals surface area (Å²) in [5, 5.41) is 2.96. The fourth-order valence-electron chi connectivity index (χ4n) is 2.24. The van der Waals surface area contributed by atoms with Crippen LogP contribution in [0.2, 0.25) is 0 Å². The fraction of sp³-hybridized carbons (Fsp3) is 0.235. The molecule has 0 aliphatic carbocycles. The molecule has 0 bridgehead atoms. The fourth-order valence-corrected chi connectivity index (χ4v) is 3.30. The Labute approximate surface area is 143 Å². The van der Waals surface area contributed by atoms with Crippen LogP contribution >= 0.6 is 11.3 Å². The van der Waals surface area contributed by atoms with Gasteiger partial charge in [0.15, 0.2) is 0 Å². The van der Waals surface area contributed by atoms with Gasteiger partial charge in [-0.1, -0.05) is 30.3 Å². The van der Waals surface area contributed by atoms with Gasteiger partial charge in [0.1, 0.15) is 5.00 Å². The monoisotopic (exact) mass is 346 g/mol. The van der Waals surface area contributed by atoms with Crippen molar-refractivity contribution in [3.05, 3.63) is 51.9 Å². The predicted molar refractivity (Wildman–Crippen MR) is 92.3 cm³/mol. The third kappa shape index (κ3) is 3.99. The minimum Gasteiger partial charge on any atom is -0.462 e. The lowest BCUT2D eigenvalue weighted by molar-refractivity contribution is -0.115. The Morgan fingerprint density at radius 3 is 2.46 bits per heavy atom. The van der Waals surface area contributed by atoms with Crippen LogP contribution in [-0.4, -0.2) is 24.4 Å². The van der Waals surface area contributed by atoms with Crippen LogP contribution in [-0.2, 0) is 16.0 Å². The second-order valence-electron chi connectivity index (χ2n) is 5.06. The van der Waals surface area contributed by atoms with E-state index in [1.165, 1.54) is 0 Å². The highest BCUT2D eigenvalue weighted by atomic mass is 32.1. The number of nitrogens with two attached hydrogens (primary N) is 1. The third-order valence-corrected chi connectivity index (χ3v) is 4.53. The maximum atomic E-state index is 12.2. The van der Waals surface area contributed by atoms with Crippen LogP contribution in [0.15, 0.2) is 30.3 Å². The molecule has 126 valence electrons. The SMILES string of the molecule is CCOC(=O)c1c(NC(=O)Cc2ccccc2)sc(C(N)=O)c1C. The normalized spacial score (nSPS) is 10.2. The highest BCUT2D eigenvalue weighted by molar-refractivity contribution is 7.18. The van der Waals surface area contributed by atoms with Crippen molar-refractivity contribution in [1.29, 1.82) is 0 Å². The number of primary amides is 1. The summed E-state index contributed by atoms with van der Waals surface area (Å²) >= 11 is 0.980. The van der Waals surface area contributed by atoms with E-state index in [9.17, 15) is 14.4 Å². The summed E-state index contributed by atoms with van der Waals surface area (Å²) in [6.45, 7) is 3.48. The molecule has 0 aliphatic rings. The minimum atomic E-state index is -0.647. The molecule has 6 nitrogen and oxygen atoms in total. The van der Waals surface area contributed by atoms with Crippen molar-refractivity contribution < 1.29 is 19.1 Å². The van der Waals surface area contributed by atoms with E-state index in [0.29, 0.717) is 5.56 Å². The molecule has 0 aliphatic heterocycles. The van der Waals surface area contributed by atoms with Gasteiger partial charge < -0.3 is 15.8 Å². The van der Waals surface area contributed by atoms with Crippen LogP contribution < -0.4 is 11.1 Å². The number of hydrogen-bond acceptors (Lipinski definition) is 5. The molecule has 0 atom stereocenters. The van der Waals surface area contributed by atoms with Crippen molar-refractivity contribution >= 4 is 34.1 Å². The summed E-state index contributed by atoms with van der Waals surface area (Å²) in [6.07, 6.45) is 0.159. The maximum absolute atomic E-state index is 12.2. The van der Waals surface area contributed by atoms with Crippen LogP contribution in [0.5, 0.6) is 0 Å². The van der Waals surface area contributed by atoms with E-state index in [0.717, 1.165) is 16.9 Å². The van der Waals surface area contributed by atoms with Crippen molar-refractivity contribution in [2.75, 3.05) is 11.9 Å². The highest BCUT2D eigenvalue weighted by Gasteiger charge is 2.25. The minimum absolute atomic E-state index is 0.159. The summed E-state index contributed by atoms with van der Waals surface area (Å²) in [7, 11) is 0. The first-order valence-electron chi connectivity index (χ1n) is 7.38. The average molecular weight is 346 g/mol. The Balaban J connectivity index is 2.28. The lowest BCUT2D eigenvalue weighted by Gasteiger charge is -2.07. The van der Waals surface area contributed by atoms with E-state index < -0.39 is 11.9 Å². The molecular formula is C17H18N2O4S. The number of carbonyl (C=O) groups is 3. The Hall–Kier alpha value is -2.67. The van der Waals surface area contributed by atoms with Gasteiger partial charge in [0, 0.05) is 0 Å². The molecule has 2 amide bonds. The number of amides is 2. The van der Waals surface area contributed by atoms with Crippen LogP contribution in [0.3, 0.4) is 0 Å². The molecule has 1 heterocycles. The molecular weight excluding hydrogens is 328 g/mol. The molecule has 3 N–H and O–H groups in total. The number of ether oxygens (including phenoxy) is 1. The van der Waals surface area contributed by atoms with Crippen molar-refractivity contribution in [1.82, 2.24) is 0 Å². The Morgan fingerprint density at radius 1 is 1.21 bits per heavy atom. The van der Waals surface area contributed by atoms with Gasteiger partial charge >= 0.3 is 5.97 Å². The first kappa shape index (κ1) is 17.7. The zero-order chi connectivity index (χ0) is 17.7. The second kappa shape index (κ2) is 7.74. The molecule has 1 aromatic carbocycles. The van der Waals surface area contributed by atoms with Gasteiger partial charge in [-0.3, -0.25) is 9.59 Å². The largest absolute Gasteiger partial charge is 0.462 e. The van der Waals surface area contributed by atoms with Gasteiger partial charge in [0.05, 0.1) is 23.5 Å². The van der Waals surface area contributed by atoms with E-state index >= 15 is 0 Å². The van der Waals surface area contributed by atoms with Crippen molar-refractivity contribution in [3.8, 4) is 0 Å². The Kier molecular flexibility index (Phi) is 5.70. The number of thiophene rings is 1. The van der Waals surface area contributed by atoms with E-state index in [2.05, 4.69) is 5.32 Å². The Bertz CT molecular complexity index is 768. The van der Waals surface area contributed by atoms with Crippen LogP contribution in [0.25, 0.3) is 0 Å². The van der Waals surface area contributed by atoms with Crippen molar-refractivity contribution in [3.63, 3.8) is 0 Å². The van der Waals surface area contributed by atoms with Crippen LogP contribution in [0.4, 0.5) is 5.00 Å². The van der Waals surface area contributed by atoms with Crippen molar-refractivity contribution in [2.45, 2.75) is 20.3 Å². The molecule has 7 heteroatoms. The van der Waals surface area contributed by atoms with Gasteiger partial charge in [-0.05, 0) is 25.0 Å². The van der Waals surface area contributed by atoms with Gasteiger partial charge in [0.2, 0.25) is 5.91 Å². The molecule has 1 aromatic heterocycles. The molecule has 0 fully saturated rings. The van der Waals surface area contributed by atoms with Gasteiger partial charge in [-0.2, -0.15) is 0 Å².